The first-order valence-electron chi connectivity index (χ1n) is 8.30. The van der Waals surface area contributed by atoms with Gasteiger partial charge in [0.2, 0.25) is 5.91 Å². The summed E-state index contributed by atoms with van der Waals surface area (Å²) in [6, 6.07) is 13.6. The standard InChI is InChI=1S/C20H24ClNO3S/c1-22(10-9-15-7-8-18(24-2)19(12-15)25-3)20(23)14-26-13-16-5-4-6-17(21)11-16/h4-8,11-12H,9-10,13-14H2,1-3H3. The second kappa shape index (κ2) is 10.3. The molecule has 0 aliphatic heterocycles. The molecule has 0 N–H and O–H groups in total. The zero-order valence-corrected chi connectivity index (χ0v) is 16.9. The van der Waals surface area contributed by atoms with Gasteiger partial charge in [-0.2, -0.15) is 0 Å². The highest BCUT2D eigenvalue weighted by atomic mass is 35.5. The zero-order chi connectivity index (χ0) is 18.9. The fourth-order valence-electron chi connectivity index (χ4n) is 2.45. The van der Waals surface area contributed by atoms with Crippen LogP contribution < -0.4 is 9.47 Å². The van der Waals surface area contributed by atoms with Crippen LogP contribution >= 0.6 is 23.4 Å². The number of benzene rings is 2. The molecule has 0 unspecified atom stereocenters. The van der Waals surface area contributed by atoms with Gasteiger partial charge in [0.25, 0.3) is 0 Å². The van der Waals surface area contributed by atoms with Crippen LogP contribution in [0.25, 0.3) is 0 Å². The summed E-state index contributed by atoms with van der Waals surface area (Å²) in [6.07, 6.45) is 0.765. The van der Waals surface area contributed by atoms with E-state index in [4.69, 9.17) is 21.1 Å². The third-order valence-corrected chi connectivity index (χ3v) is 5.22. The average molecular weight is 394 g/mol. The number of likely N-dealkylation sites (N-methyl/N-ethyl adjacent to an activating group) is 1. The summed E-state index contributed by atoms with van der Waals surface area (Å²) in [5.74, 6) is 2.76. The van der Waals surface area contributed by atoms with Gasteiger partial charge in [-0.3, -0.25) is 4.79 Å². The molecule has 0 aliphatic rings. The molecule has 0 saturated carbocycles. The number of carbonyl (C=O) groups is 1. The summed E-state index contributed by atoms with van der Waals surface area (Å²) in [6.45, 7) is 0.659. The number of amides is 1. The summed E-state index contributed by atoms with van der Waals surface area (Å²) in [5.41, 5.74) is 2.23. The van der Waals surface area contributed by atoms with Gasteiger partial charge in [0.05, 0.1) is 20.0 Å². The van der Waals surface area contributed by atoms with Gasteiger partial charge in [-0.25, -0.2) is 0 Å². The molecule has 0 atom stereocenters. The van der Waals surface area contributed by atoms with Crippen LogP contribution in [-0.4, -0.2) is 44.4 Å². The molecular formula is C20H24ClNO3S. The minimum Gasteiger partial charge on any atom is -0.493 e. The van der Waals surface area contributed by atoms with Crippen LogP contribution in [-0.2, 0) is 17.0 Å². The van der Waals surface area contributed by atoms with Gasteiger partial charge in [0.1, 0.15) is 0 Å². The SMILES string of the molecule is COc1ccc(CCN(C)C(=O)CSCc2cccc(Cl)c2)cc1OC. The number of hydrogen-bond donors (Lipinski definition) is 0. The van der Waals surface area contributed by atoms with Crippen molar-refractivity contribution in [1.82, 2.24) is 4.90 Å². The van der Waals surface area contributed by atoms with Crippen molar-refractivity contribution < 1.29 is 14.3 Å². The van der Waals surface area contributed by atoms with E-state index in [1.807, 2.05) is 49.5 Å². The minimum atomic E-state index is 0.123. The number of carbonyl (C=O) groups excluding carboxylic acids is 1. The molecule has 0 aromatic heterocycles. The number of rotatable bonds is 9. The van der Waals surface area contributed by atoms with E-state index in [1.54, 1.807) is 30.9 Å². The van der Waals surface area contributed by atoms with Crippen LogP contribution in [0.3, 0.4) is 0 Å². The first-order chi connectivity index (χ1) is 12.5. The quantitative estimate of drug-likeness (QED) is 0.637. The number of thioether (sulfide) groups is 1. The van der Waals surface area contributed by atoms with Gasteiger partial charge in [-0.05, 0) is 41.8 Å². The van der Waals surface area contributed by atoms with Crippen molar-refractivity contribution in [2.24, 2.45) is 0 Å². The summed E-state index contributed by atoms with van der Waals surface area (Å²) < 4.78 is 10.6. The highest BCUT2D eigenvalue weighted by Crippen LogP contribution is 2.27. The van der Waals surface area contributed by atoms with E-state index >= 15 is 0 Å². The monoisotopic (exact) mass is 393 g/mol. The predicted molar refractivity (Wildman–Crippen MR) is 109 cm³/mol. The number of ether oxygens (including phenoxy) is 2. The lowest BCUT2D eigenvalue weighted by atomic mass is 10.1. The Morgan fingerprint density at radius 3 is 2.54 bits per heavy atom. The molecule has 6 heteroatoms. The van der Waals surface area contributed by atoms with Crippen LogP contribution in [0.2, 0.25) is 5.02 Å². The number of hydrogen-bond acceptors (Lipinski definition) is 4. The Kier molecular flexibility index (Phi) is 8.13. The molecule has 0 heterocycles. The Bertz CT molecular complexity index is 739. The molecule has 0 fully saturated rings. The molecule has 2 aromatic rings. The number of nitrogens with zero attached hydrogens (tertiary/aromatic N) is 1. The highest BCUT2D eigenvalue weighted by Gasteiger charge is 2.10. The Balaban J connectivity index is 1.78. The van der Waals surface area contributed by atoms with Gasteiger partial charge in [0.15, 0.2) is 11.5 Å². The summed E-state index contributed by atoms with van der Waals surface area (Å²) >= 11 is 7.57. The predicted octanol–water partition coefficient (Wildman–Crippen LogP) is 4.29. The molecule has 4 nitrogen and oxygen atoms in total. The van der Waals surface area contributed by atoms with E-state index in [0.717, 1.165) is 28.3 Å². The lowest BCUT2D eigenvalue weighted by molar-refractivity contribution is -0.127. The third kappa shape index (κ3) is 6.15. The summed E-state index contributed by atoms with van der Waals surface area (Å²) in [4.78, 5) is 14.0. The fraction of sp³-hybridized carbons (Fsp3) is 0.350. The van der Waals surface area contributed by atoms with E-state index in [0.29, 0.717) is 23.8 Å². The number of methoxy groups -OCH3 is 2. The van der Waals surface area contributed by atoms with Gasteiger partial charge in [-0.1, -0.05) is 29.8 Å². The van der Waals surface area contributed by atoms with Gasteiger partial charge < -0.3 is 14.4 Å². The van der Waals surface area contributed by atoms with E-state index in [2.05, 4.69) is 0 Å². The molecular weight excluding hydrogens is 370 g/mol. The molecule has 0 aliphatic carbocycles. The molecule has 0 radical (unpaired) electrons. The van der Waals surface area contributed by atoms with E-state index < -0.39 is 0 Å². The first-order valence-corrected chi connectivity index (χ1v) is 9.83. The zero-order valence-electron chi connectivity index (χ0n) is 15.3. The second-order valence-electron chi connectivity index (χ2n) is 5.88. The van der Waals surface area contributed by atoms with Crippen molar-refractivity contribution >= 4 is 29.3 Å². The van der Waals surface area contributed by atoms with Gasteiger partial charge in [0, 0.05) is 24.4 Å². The number of halogens is 1. The molecule has 0 saturated heterocycles. The van der Waals surface area contributed by atoms with Crippen molar-refractivity contribution in [2.75, 3.05) is 33.6 Å². The van der Waals surface area contributed by atoms with E-state index in [-0.39, 0.29) is 5.91 Å². The van der Waals surface area contributed by atoms with Crippen molar-refractivity contribution in [3.05, 3.63) is 58.6 Å². The van der Waals surface area contributed by atoms with Crippen molar-refractivity contribution in [2.45, 2.75) is 12.2 Å². The van der Waals surface area contributed by atoms with Crippen LogP contribution in [0, 0.1) is 0 Å². The lowest BCUT2D eigenvalue weighted by Crippen LogP contribution is -2.30. The molecule has 0 spiro atoms. The molecule has 2 aromatic carbocycles. The van der Waals surface area contributed by atoms with E-state index in [9.17, 15) is 4.79 Å². The normalized spacial score (nSPS) is 10.5. The van der Waals surface area contributed by atoms with Crippen molar-refractivity contribution in [1.29, 1.82) is 0 Å². The molecule has 1 amide bonds. The summed E-state index contributed by atoms with van der Waals surface area (Å²) in [5, 5.41) is 0.724. The maximum atomic E-state index is 12.3. The molecule has 140 valence electrons. The Morgan fingerprint density at radius 2 is 1.85 bits per heavy atom. The minimum absolute atomic E-state index is 0.123. The average Bonchev–Trinajstić information content (AvgIpc) is 2.65. The van der Waals surface area contributed by atoms with Crippen LogP contribution in [0.5, 0.6) is 11.5 Å². The fourth-order valence-corrected chi connectivity index (χ4v) is 3.58. The largest absolute Gasteiger partial charge is 0.493 e. The van der Waals surface area contributed by atoms with Crippen molar-refractivity contribution in [3.63, 3.8) is 0 Å². The maximum absolute atomic E-state index is 12.3. The topological polar surface area (TPSA) is 38.8 Å². The van der Waals surface area contributed by atoms with Crippen LogP contribution in [0.1, 0.15) is 11.1 Å². The van der Waals surface area contributed by atoms with Gasteiger partial charge >= 0.3 is 0 Å². The molecule has 2 rings (SSSR count). The molecule has 0 bridgehead atoms. The summed E-state index contributed by atoms with van der Waals surface area (Å²) in [7, 11) is 5.07. The Hall–Kier alpha value is -1.85. The first kappa shape index (κ1) is 20.5. The Morgan fingerprint density at radius 1 is 1.08 bits per heavy atom. The highest BCUT2D eigenvalue weighted by molar-refractivity contribution is 7.99. The van der Waals surface area contributed by atoms with Gasteiger partial charge in [-0.15, -0.1) is 11.8 Å². The van der Waals surface area contributed by atoms with Crippen LogP contribution in [0.15, 0.2) is 42.5 Å². The third-order valence-electron chi connectivity index (χ3n) is 3.99. The van der Waals surface area contributed by atoms with Crippen molar-refractivity contribution in [3.8, 4) is 11.5 Å². The van der Waals surface area contributed by atoms with Crippen LogP contribution in [0.4, 0.5) is 0 Å². The lowest BCUT2D eigenvalue weighted by Gasteiger charge is -2.17. The second-order valence-corrected chi connectivity index (χ2v) is 7.30. The molecule has 26 heavy (non-hydrogen) atoms. The maximum Gasteiger partial charge on any atom is 0.232 e. The van der Waals surface area contributed by atoms with E-state index in [1.165, 1.54) is 0 Å². The Labute approximate surface area is 164 Å². The smallest absolute Gasteiger partial charge is 0.232 e.